The predicted molar refractivity (Wildman–Crippen MR) is 57.8 cm³/mol. The van der Waals surface area contributed by atoms with Gasteiger partial charge < -0.3 is 10.1 Å². The summed E-state index contributed by atoms with van der Waals surface area (Å²) in [5.74, 6) is 0. The number of ether oxygens (including phenoxy) is 1. The molecule has 0 aromatic heterocycles. The molecule has 2 heterocycles. The lowest BCUT2D eigenvalue weighted by atomic mass is 10.2. The molecule has 1 N–H and O–H groups in total. The minimum absolute atomic E-state index is 0.142. The van der Waals surface area contributed by atoms with E-state index in [0.717, 1.165) is 25.9 Å². The lowest BCUT2D eigenvalue weighted by molar-refractivity contribution is 0.0102. The van der Waals surface area contributed by atoms with Crippen LogP contribution < -0.4 is 5.32 Å². The normalized spacial score (nSPS) is 30.5. The third kappa shape index (κ3) is 2.25. The molecule has 15 heavy (non-hydrogen) atoms. The number of amides is 1. The zero-order chi connectivity index (χ0) is 11.1. The average molecular weight is 212 g/mol. The molecule has 2 rings (SSSR count). The second-order valence-corrected chi connectivity index (χ2v) is 5.43. The molecule has 4 nitrogen and oxygen atoms in total. The molecule has 2 atom stereocenters. The first-order valence-electron chi connectivity index (χ1n) is 5.69. The molecule has 0 aromatic carbocycles. The summed E-state index contributed by atoms with van der Waals surface area (Å²) in [6.45, 7) is 7.56. The van der Waals surface area contributed by atoms with E-state index < -0.39 is 0 Å². The van der Waals surface area contributed by atoms with Gasteiger partial charge in [0.15, 0.2) is 0 Å². The van der Waals surface area contributed by atoms with Gasteiger partial charge in [-0.1, -0.05) is 0 Å². The smallest absolute Gasteiger partial charge is 0.410 e. The number of carbonyl (C=O) groups is 1. The van der Waals surface area contributed by atoms with Crippen LogP contribution in [0.3, 0.4) is 0 Å². The Morgan fingerprint density at radius 1 is 1.27 bits per heavy atom. The van der Waals surface area contributed by atoms with Crippen LogP contribution in [0.15, 0.2) is 0 Å². The van der Waals surface area contributed by atoms with Crippen LogP contribution >= 0.6 is 0 Å². The van der Waals surface area contributed by atoms with Crippen molar-refractivity contribution in [3.8, 4) is 0 Å². The van der Waals surface area contributed by atoms with Crippen molar-refractivity contribution < 1.29 is 9.53 Å². The van der Waals surface area contributed by atoms with E-state index in [9.17, 15) is 4.79 Å². The first-order chi connectivity index (χ1) is 6.97. The number of rotatable bonds is 0. The SMILES string of the molecule is CC(C)(C)OC(=O)N1C2CC[C@H]1CNC2. The van der Waals surface area contributed by atoms with E-state index in [1.165, 1.54) is 0 Å². The number of piperazine rings is 1. The van der Waals surface area contributed by atoms with E-state index in [-0.39, 0.29) is 11.7 Å². The Labute approximate surface area is 91.0 Å². The Morgan fingerprint density at radius 2 is 1.80 bits per heavy atom. The van der Waals surface area contributed by atoms with Crippen molar-refractivity contribution in [2.24, 2.45) is 0 Å². The van der Waals surface area contributed by atoms with Crippen LogP contribution in [-0.4, -0.2) is 41.8 Å². The van der Waals surface area contributed by atoms with Crippen molar-refractivity contribution in [1.82, 2.24) is 10.2 Å². The van der Waals surface area contributed by atoms with Gasteiger partial charge in [0, 0.05) is 25.2 Å². The Balaban J connectivity index is 2.01. The van der Waals surface area contributed by atoms with Crippen LogP contribution in [-0.2, 0) is 4.74 Å². The quantitative estimate of drug-likeness (QED) is 0.659. The van der Waals surface area contributed by atoms with Gasteiger partial charge in [0.2, 0.25) is 0 Å². The van der Waals surface area contributed by atoms with Crippen molar-refractivity contribution >= 4 is 6.09 Å². The van der Waals surface area contributed by atoms with E-state index in [2.05, 4.69) is 5.32 Å². The largest absolute Gasteiger partial charge is 0.444 e. The van der Waals surface area contributed by atoms with E-state index >= 15 is 0 Å². The van der Waals surface area contributed by atoms with Crippen molar-refractivity contribution in [2.45, 2.75) is 51.3 Å². The fourth-order valence-corrected chi connectivity index (χ4v) is 2.39. The number of carbonyl (C=O) groups excluding carboxylic acids is 1. The standard InChI is InChI=1S/C11H20N2O2/c1-11(2,3)15-10(14)13-8-4-5-9(13)7-12-6-8/h8-9,12H,4-7H2,1-3H3/t8-,9?/m0/s1. The highest BCUT2D eigenvalue weighted by Gasteiger charge is 2.41. The van der Waals surface area contributed by atoms with Crippen molar-refractivity contribution in [1.29, 1.82) is 0 Å². The van der Waals surface area contributed by atoms with Crippen LogP contribution in [0.1, 0.15) is 33.6 Å². The van der Waals surface area contributed by atoms with Gasteiger partial charge in [0.05, 0.1) is 0 Å². The second kappa shape index (κ2) is 3.67. The van der Waals surface area contributed by atoms with Crippen molar-refractivity contribution in [3.05, 3.63) is 0 Å². The summed E-state index contributed by atoms with van der Waals surface area (Å²) in [5, 5.41) is 3.35. The molecule has 0 saturated carbocycles. The molecule has 0 aromatic rings. The van der Waals surface area contributed by atoms with Crippen molar-refractivity contribution in [2.75, 3.05) is 13.1 Å². The minimum Gasteiger partial charge on any atom is -0.444 e. The highest BCUT2D eigenvalue weighted by atomic mass is 16.6. The van der Waals surface area contributed by atoms with Gasteiger partial charge in [-0.05, 0) is 33.6 Å². The average Bonchev–Trinajstić information content (AvgIpc) is 2.34. The summed E-state index contributed by atoms with van der Waals surface area (Å²) in [4.78, 5) is 13.9. The van der Waals surface area contributed by atoms with Crippen LogP contribution in [0.4, 0.5) is 4.79 Å². The van der Waals surface area contributed by atoms with E-state index in [4.69, 9.17) is 4.74 Å². The molecule has 2 bridgehead atoms. The molecular weight excluding hydrogens is 192 g/mol. The molecule has 1 amide bonds. The first kappa shape index (κ1) is 10.7. The van der Waals surface area contributed by atoms with E-state index in [0.29, 0.717) is 12.1 Å². The fourth-order valence-electron chi connectivity index (χ4n) is 2.39. The zero-order valence-electron chi connectivity index (χ0n) is 9.75. The van der Waals surface area contributed by atoms with Crippen LogP contribution in [0.5, 0.6) is 0 Å². The minimum atomic E-state index is -0.388. The van der Waals surface area contributed by atoms with Gasteiger partial charge in [0.25, 0.3) is 0 Å². The Morgan fingerprint density at radius 3 is 2.27 bits per heavy atom. The maximum absolute atomic E-state index is 12.0. The highest BCUT2D eigenvalue weighted by Crippen LogP contribution is 2.28. The predicted octanol–water partition coefficient (Wildman–Crippen LogP) is 1.36. The highest BCUT2D eigenvalue weighted by molar-refractivity contribution is 5.69. The van der Waals surface area contributed by atoms with Crippen molar-refractivity contribution in [3.63, 3.8) is 0 Å². The van der Waals surface area contributed by atoms with Gasteiger partial charge in [-0.3, -0.25) is 4.90 Å². The number of fused-ring (bicyclic) bond motifs is 2. The maximum atomic E-state index is 12.0. The van der Waals surface area contributed by atoms with E-state index in [1.54, 1.807) is 0 Å². The van der Waals surface area contributed by atoms with Gasteiger partial charge in [-0.2, -0.15) is 0 Å². The Bertz CT molecular complexity index is 244. The summed E-state index contributed by atoms with van der Waals surface area (Å²) < 4.78 is 5.42. The Kier molecular flexibility index (Phi) is 2.63. The second-order valence-electron chi connectivity index (χ2n) is 5.43. The molecule has 86 valence electrons. The van der Waals surface area contributed by atoms with Gasteiger partial charge in [-0.15, -0.1) is 0 Å². The monoisotopic (exact) mass is 212 g/mol. The molecule has 2 aliphatic heterocycles. The maximum Gasteiger partial charge on any atom is 0.410 e. The molecule has 2 fully saturated rings. The molecule has 4 heteroatoms. The molecule has 1 unspecified atom stereocenters. The summed E-state index contributed by atoms with van der Waals surface area (Å²) in [6.07, 6.45) is 2.07. The zero-order valence-corrected chi connectivity index (χ0v) is 9.75. The lowest BCUT2D eigenvalue weighted by Crippen LogP contribution is -2.55. The van der Waals surface area contributed by atoms with Gasteiger partial charge >= 0.3 is 6.09 Å². The number of nitrogens with one attached hydrogen (secondary N) is 1. The topological polar surface area (TPSA) is 41.6 Å². The molecule has 0 radical (unpaired) electrons. The summed E-state index contributed by atoms with van der Waals surface area (Å²) >= 11 is 0. The first-order valence-corrected chi connectivity index (χ1v) is 5.69. The number of hydrogen-bond acceptors (Lipinski definition) is 3. The third-order valence-corrected chi connectivity index (χ3v) is 2.98. The molecule has 0 aliphatic carbocycles. The van der Waals surface area contributed by atoms with Crippen LogP contribution in [0.25, 0.3) is 0 Å². The molecule has 0 spiro atoms. The van der Waals surface area contributed by atoms with Crippen LogP contribution in [0, 0.1) is 0 Å². The summed E-state index contributed by atoms with van der Waals surface area (Å²) in [5.41, 5.74) is -0.388. The van der Waals surface area contributed by atoms with Crippen LogP contribution in [0.2, 0.25) is 0 Å². The number of hydrogen-bond donors (Lipinski definition) is 1. The Hall–Kier alpha value is -0.770. The number of nitrogens with zero attached hydrogens (tertiary/aromatic N) is 1. The fraction of sp³-hybridized carbons (Fsp3) is 0.909. The summed E-state index contributed by atoms with van der Waals surface area (Å²) in [6, 6.07) is 0.692. The lowest BCUT2D eigenvalue weighted by Gasteiger charge is -2.36. The summed E-state index contributed by atoms with van der Waals surface area (Å²) in [7, 11) is 0. The van der Waals surface area contributed by atoms with Gasteiger partial charge in [0.1, 0.15) is 5.60 Å². The third-order valence-electron chi connectivity index (χ3n) is 2.98. The molecule has 2 saturated heterocycles. The molecule has 2 aliphatic rings. The molecular formula is C11H20N2O2. The van der Waals surface area contributed by atoms with E-state index in [1.807, 2.05) is 25.7 Å². The van der Waals surface area contributed by atoms with Gasteiger partial charge in [-0.25, -0.2) is 4.79 Å².